The van der Waals surface area contributed by atoms with Gasteiger partial charge in [-0.3, -0.25) is 4.79 Å². The standard InChI is InChI=1S/C15H25N3O/c1-13-6-4-7-14(10-13)11-17-15(19)12-16-8-5-9-18(2)3/h4,6-7,10,16H,5,8-9,11-12H2,1-3H3,(H,17,19). The maximum absolute atomic E-state index is 11.6. The van der Waals surface area contributed by atoms with E-state index in [1.807, 2.05) is 12.1 Å². The van der Waals surface area contributed by atoms with Gasteiger partial charge in [0, 0.05) is 6.54 Å². The van der Waals surface area contributed by atoms with Gasteiger partial charge in [0.2, 0.25) is 5.91 Å². The summed E-state index contributed by atoms with van der Waals surface area (Å²) in [7, 11) is 4.10. The van der Waals surface area contributed by atoms with Crippen LogP contribution in [0.4, 0.5) is 0 Å². The smallest absolute Gasteiger partial charge is 0.234 e. The Morgan fingerprint density at radius 1 is 1.32 bits per heavy atom. The summed E-state index contributed by atoms with van der Waals surface area (Å²) in [5, 5.41) is 6.06. The van der Waals surface area contributed by atoms with E-state index in [9.17, 15) is 4.79 Å². The van der Waals surface area contributed by atoms with Gasteiger partial charge in [-0.2, -0.15) is 0 Å². The summed E-state index contributed by atoms with van der Waals surface area (Å²) in [6, 6.07) is 8.18. The molecule has 0 bridgehead atoms. The Labute approximate surface area is 116 Å². The fraction of sp³-hybridized carbons (Fsp3) is 0.533. The van der Waals surface area contributed by atoms with Crippen LogP contribution >= 0.6 is 0 Å². The summed E-state index contributed by atoms with van der Waals surface area (Å²) in [6.45, 7) is 4.95. The number of benzene rings is 1. The van der Waals surface area contributed by atoms with Crippen LogP contribution < -0.4 is 10.6 Å². The lowest BCUT2D eigenvalue weighted by Crippen LogP contribution is -2.34. The summed E-state index contributed by atoms with van der Waals surface area (Å²) in [4.78, 5) is 13.8. The number of carbonyl (C=O) groups excluding carboxylic acids is 1. The van der Waals surface area contributed by atoms with Gasteiger partial charge < -0.3 is 15.5 Å². The van der Waals surface area contributed by atoms with Crippen molar-refractivity contribution < 1.29 is 4.79 Å². The van der Waals surface area contributed by atoms with Crippen molar-refractivity contribution in [3.63, 3.8) is 0 Å². The summed E-state index contributed by atoms with van der Waals surface area (Å²) in [5.41, 5.74) is 2.36. The van der Waals surface area contributed by atoms with Crippen LogP contribution in [0.3, 0.4) is 0 Å². The molecule has 1 amide bonds. The first kappa shape index (κ1) is 15.7. The van der Waals surface area contributed by atoms with Crippen LogP contribution in [0.5, 0.6) is 0 Å². The summed E-state index contributed by atoms with van der Waals surface area (Å²) >= 11 is 0. The second-order valence-corrected chi connectivity index (χ2v) is 5.10. The fourth-order valence-corrected chi connectivity index (χ4v) is 1.81. The molecule has 19 heavy (non-hydrogen) atoms. The van der Waals surface area contributed by atoms with Crippen molar-refractivity contribution >= 4 is 5.91 Å². The Morgan fingerprint density at radius 2 is 2.11 bits per heavy atom. The third kappa shape index (κ3) is 7.59. The predicted molar refractivity (Wildman–Crippen MR) is 79.1 cm³/mol. The van der Waals surface area contributed by atoms with Gasteiger partial charge in [-0.1, -0.05) is 29.8 Å². The summed E-state index contributed by atoms with van der Waals surface area (Å²) in [5.74, 6) is 0.0476. The lowest BCUT2D eigenvalue weighted by atomic mass is 10.1. The molecule has 1 aromatic rings. The summed E-state index contributed by atoms with van der Waals surface area (Å²) in [6.07, 6.45) is 1.05. The first-order valence-corrected chi connectivity index (χ1v) is 6.75. The maximum Gasteiger partial charge on any atom is 0.234 e. The zero-order chi connectivity index (χ0) is 14.1. The molecule has 0 aliphatic carbocycles. The molecule has 0 unspecified atom stereocenters. The molecule has 0 aliphatic rings. The van der Waals surface area contributed by atoms with Gasteiger partial charge in [0.25, 0.3) is 0 Å². The highest BCUT2D eigenvalue weighted by Gasteiger charge is 2.00. The van der Waals surface area contributed by atoms with Gasteiger partial charge in [-0.15, -0.1) is 0 Å². The Hall–Kier alpha value is -1.39. The van der Waals surface area contributed by atoms with Gasteiger partial charge in [-0.25, -0.2) is 0 Å². The van der Waals surface area contributed by atoms with Crippen molar-refractivity contribution in [2.24, 2.45) is 0 Å². The molecule has 4 heteroatoms. The minimum absolute atomic E-state index is 0.0476. The zero-order valence-corrected chi connectivity index (χ0v) is 12.2. The molecular formula is C15H25N3O. The highest BCUT2D eigenvalue weighted by molar-refractivity contribution is 5.77. The second-order valence-electron chi connectivity index (χ2n) is 5.10. The first-order chi connectivity index (χ1) is 9.08. The monoisotopic (exact) mass is 263 g/mol. The van der Waals surface area contributed by atoms with Crippen molar-refractivity contribution in [3.8, 4) is 0 Å². The third-order valence-corrected chi connectivity index (χ3v) is 2.82. The molecule has 1 rings (SSSR count). The molecule has 4 nitrogen and oxygen atoms in total. The molecule has 0 atom stereocenters. The topological polar surface area (TPSA) is 44.4 Å². The zero-order valence-electron chi connectivity index (χ0n) is 12.2. The summed E-state index contributed by atoms with van der Waals surface area (Å²) < 4.78 is 0. The molecule has 0 aromatic heterocycles. The van der Waals surface area contributed by atoms with Crippen molar-refractivity contribution in [2.75, 3.05) is 33.7 Å². The van der Waals surface area contributed by atoms with E-state index in [-0.39, 0.29) is 5.91 Å². The lowest BCUT2D eigenvalue weighted by molar-refractivity contribution is -0.120. The van der Waals surface area contributed by atoms with E-state index in [1.165, 1.54) is 5.56 Å². The van der Waals surface area contributed by atoms with Crippen molar-refractivity contribution in [2.45, 2.75) is 19.9 Å². The number of amides is 1. The van der Waals surface area contributed by atoms with Gasteiger partial charge in [-0.05, 0) is 46.1 Å². The first-order valence-electron chi connectivity index (χ1n) is 6.75. The average molecular weight is 263 g/mol. The van der Waals surface area contributed by atoms with Gasteiger partial charge in [0.15, 0.2) is 0 Å². The molecule has 0 radical (unpaired) electrons. The van der Waals surface area contributed by atoms with Crippen LogP contribution in [0.2, 0.25) is 0 Å². The molecule has 0 fully saturated rings. The second kappa shape index (κ2) is 8.67. The quantitative estimate of drug-likeness (QED) is 0.692. The lowest BCUT2D eigenvalue weighted by Gasteiger charge is -2.10. The molecular weight excluding hydrogens is 238 g/mol. The predicted octanol–water partition coefficient (Wildman–Crippen LogP) is 1.15. The van der Waals surface area contributed by atoms with Gasteiger partial charge >= 0.3 is 0 Å². The number of carbonyl (C=O) groups is 1. The number of hydrogen-bond acceptors (Lipinski definition) is 3. The van der Waals surface area contributed by atoms with Gasteiger partial charge in [0.05, 0.1) is 6.54 Å². The van der Waals surface area contributed by atoms with E-state index < -0.39 is 0 Å². The number of aryl methyl sites for hydroxylation is 1. The SMILES string of the molecule is Cc1cccc(CNC(=O)CNCCCN(C)C)c1. The van der Waals surface area contributed by atoms with Crippen LogP contribution in [-0.2, 0) is 11.3 Å². The Morgan fingerprint density at radius 3 is 2.79 bits per heavy atom. The molecule has 0 heterocycles. The molecule has 0 saturated carbocycles. The van der Waals surface area contributed by atoms with Crippen LogP contribution in [-0.4, -0.2) is 44.5 Å². The van der Waals surface area contributed by atoms with Crippen LogP contribution in [0.15, 0.2) is 24.3 Å². The minimum atomic E-state index is 0.0476. The van der Waals surface area contributed by atoms with E-state index >= 15 is 0 Å². The van der Waals surface area contributed by atoms with Crippen molar-refractivity contribution in [1.29, 1.82) is 0 Å². The molecule has 0 saturated heterocycles. The largest absolute Gasteiger partial charge is 0.351 e. The van der Waals surface area contributed by atoms with E-state index in [4.69, 9.17) is 0 Å². The average Bonchev–Trinajstić information content (AvgIpc) is 2.35. The number of nitrogens with zero attached hydrogens (tertiary/aromatic N) is 1. The highest BCUT2D eigenvalue weighted by atomic mass is 16.1. The molecule has 1 aromatic carbocycles. The Kier molecular flexibility index (Phi) is 7.15. The normalized spacial score (nSPS) is 10.7. The Balaban J connectivity index is 2.11. The van der Waals surface area contributed by atoms with E-state index in [2.05, 4.69) is 48.7 Å². The van der Waals surface area contributed by atoms with Crippen molar-refractivity contribution in [1.82, 2.24) is 15.5 Å². The van der Waals surface area contributed by atoms with Crippen LogP contribution in [0, 0.1) is 6.92 Å². The van der Waals surface area contributed by atoms with E-state index in [1.54, 1.807) is 0 Å². The van der Waals surface area contributed by atoms with Crippen LogP contribution in [0.25, 0.3) is 0 Å². The molecule has 106 valence electrons. The Bertz CT molecular complexity index is 391. The molecule has 2 N–H and O–H groups in total. The van der Waals surface area contributed by atoms with E-state index in [0.29, 0.717) is 13.1 Å². The van der Waals surface area contributed by atoms with Crippen molar-refractivity contribution in [3.05, 3.63) is 35.4 Å². The maximum atomic E-state index is 11.6. The number of rotatable bonds is 8. The fourth-order valence-electron chi connectivity index (χ4n) is 1.81. The number of nitrogens with one attached hydrogen (secondary N) is 2. The van der Waals surface area contributed by atoms with Gasteiger partial charge in [0.1, 0.15) is 0 Å². The molecule has 0 aliphatic heterocycles. The van der Waals surface area contributed by atoms with E-state index in [0.717, 1.165) is 25.1 Å². The minimum Gasteiger partial charge on any atom is -0.351 e. The third-order valence-electron chi connectivity index (χ3n) is 2.82. The van der Waals surface area contributed by atoms with Crippen LogP contribution in [0.1, 0.15) is 17.5 Å². The highest BCUT2D eigenvalue weighted by Crippen LogP contribution is 2.02. The number of hydrogen-bond donors (Lipinski definition) is 2. The molecule has 0 spiro atoms.